The Bertz CT molecular complexity index is 812. The van der Waals surface area contributed by atoms with E-state index < -0.39 is 17.3 Å². The van der Waals surface area contributed by atoms with E-state index in [2.05, 4.69) is 35.3 Å². The van der Waals surface area contributed by atoms with E-state index in [-0.39, 0.29) is 18.2 Å². The van der Waals surface area contributed by atoms with Crippen LogP contribution >= 0.6 is 0 Å². The molecule has 0 aliphatic carbocycles. The van der Waals surface area contributed by atoms with E-state index in [4.69, 9.17) is 0 Å². The minimum absolute atomic E-state index is 0.219. The summed E-state index contributed by atoms with van der Waals surface area (Å²) in [6.45, 7) is 6.75. The van der Waals surface area contributed by atoms with Crippen molar-refractivity contribution in [1.29, 1.82) is 0 Å². The molecule has 0 saturated carbocycles. The Balaban J connectivity index is 1.51. The van der Waals surface area contributed by atoms with Gasteiger partial charge in [0.25, 0.3) is 0 Å². The third-order valence-electron chi connectivity index (χ3n) is 5.79. The second-order valence-electron chi connectivity index (χ2n) is 8.21. The van der Waals surface area contributed by atoms with Crippen LogP contribution in [0.3, 0.4) is 0 Å². The van der Waals surface area contributed by atoms with Crippen molar-refractivity contribution in [3.8, 4) is 0 Å². The zero-order chi connectivity index (χ0) is 21.1. The zero-order valence-electron chi connectivity index (χ0n) is 17.0. The first-order valence-corrected chi connectivity index (χ1v) is 10.1. The van der Waals surface area contributed by atoms with E-state index in [1.54, 1.807) is 13.0 Å². The lowest BCUT2D eigenvalue weighted by Crippen LogP contribution is -2.46. The summed E-state index contributed by atoms with van der Waals surface area (Å²) in [7, 11) is 0. The maximum absolute atomic E-state index is 12.9. The van der Waals surface area contributed by atoms with Crippen LogP contribution < -0.4 is 5.32 Å². The Labute approximate surface area is 170 Å². The van der Waals surface area contributed by atoms with Gasteiger partial charge in [0.15, 0.2) is 0 Å². The van der Waals surface area contributed by atoms with Gasteiger partial charge in [0.1, 0.15) is 0 Å². The van der Waals surface area contributed by atoms with Crippen LogP contribution in [-0.2, 0) is 18.3 Å². The van der Waals surface area contributed by atoms with Gasteiger partial charge in [-0.2, -0.15) is 13.2 Å². The van der Waals surface area contributed by atoms with Crippen LogP contribution in [0.2, 0.25) is 0 Å². The minimum atomic E-state index is -4.41. The van der Waals surface area contributed by atoms with Gasteiger partial charge in [-0.3, -0.25) is 4.90 Å². The van der Waals surface area contributed by atoms with Crippen molar-refractivity contribution in [2.45, 2.75) is 51.1 Å². The van der Waals surface area contributed by atoms with E-state index in [9.17, 15) is 18.3 Å². The molecule has 0 aromatic heterocycles. The fourth-order valence-electron chi connectivity index (χ4n) is 3.80. The number of halogens is 3. The first-order chi connectivity index (χ1) is 13.6. The number of benzene rings is 2. The molecule has 2 N–H and O–H groups in total. The number of likely N-dealkylation sites (tertiary alicyclic amines) is 1. The van der Waals surface area contributed by atoms with Crippen molar-refractivity contribution in [1.82, 2.24) is 10.2 Å². The molecule has 3 nitrogen and oxygen atoms in total. The Hall–Kier alpha value is -1.89. The van der Waals surface area contributed by atoms with E-state index in [0.29, 0.717) is 0 Å². The fraction of sp³-hybridized carbons (Fsp3) is 0.478. The van der Waals surface area contributed by atoms with Crippen LogP contribution in [0.1, 0.15) is 42.0 Å². The summed E-state index contributed by atoms with van der Waals surface area (Å²) in [4.78, 5) is 2.42. The molecule has 1 unspecified atom stereocenters. The van der Waals surface area contributed by atoms with Crippen LogP contribution in [0, 0.1) is 6.92 Å². The molecule has 158 valence electrons. The lowest BCUT2D eigenvalue weighted by Gasteiger charge is -2.35. The van der Waals surface area contributed by atoms with Crippen LogP contribution in [0.25, 0.3) is 0 Å². The van der Waals surface area contributed by atoms with Crippen molar-refractivity contribution in [3.63, 3.8) is 0 Å². The van der Waals surface area contributed by atoms with E-state index >= 15 is 0 Å². The number of nitrogens with zero attached hydrogens (tertiary/aromatic N) is 1. The van der Waals surface area contributed by atoms with Gasteiger partial charge in [0.2, 0.25) is 0 Å². The van der Waals surface area contributed by atoms with Crippen molar-refractivity contribution >= 4 is 0 Å². The summed E-state index contributed by atoms with van der Waals surface area (Å²) in [5.41, 5.74) is 0.812. The topological polar surface area (TPSA) is 35.5 Å². The molecule has 29 heavy (non-hydrogen) atoms. The monoisotopic (exact) mass is 406 g/mol. The number of aryl methyl sites for hydroxylation is 1. The largest absolute Gasteiger partial charge is 0.416 e. The summed E-state index contributed by atoms with van der Waals surface area (Å²) in [5.74, 6) is 0. The van der Waals surface area contributed by atoms with Gasteiger partial charge in [0.05, 0.1) is 11.2 Å². The quantitative estimate of drug-likeness (QED) is 0.743. The normalized spacial score (nSPS) is 18.6. The molecule has 6 heteroatoms. The Kier molecular flexibility index (Phi) is 6.66. The summed E-state index contributed by atoms with van der Waals surface area (Å²) in [6.07, 6.45) is -2.52. The van der Waals surface area contributed by atoms with Crippen LogP contribution in [0.5, 0.6) is 0 Å². The van der Waals surface area contributed by atoms with E-state index in [1.807, 2.05) is 6.07 Å². The molecular weight excluding hydrogens is 377 g/mol. The van der Waals surface area contributed by atoms with Gasteiger partial charge >= 0.3 is 6.18 Å². The van der Waals surface area contributed by atoms with Crippen LogP contribution in [0.4, 0.5) is 13.2 Å². The van der Waals surface area contributed by atoms with E-state index in [1.165, 1.54) is 17.2 Å². The molecular formula is C23H29F3N2O. The Morgan fingerprint density at radius 2 is 1.69 bits per heavy atom. The molecule has 3 rings (SSSR count). The second kappa shape index (κ2) is 8.86. The van der Waals surface area contributed by atoms with Gasteiger partial charge < -0.3 is 10.4 Å². The van der Waals surface area contributed by atoms with Crippen molar-refractivity contribution < 1.29 is 18.3 Å². The molecule has 1 heterocycles. The number of hydrogen-bond donors (Lipinski definition) is 2. The smallest absolute Gasteiger partial charge is 0.384 e. The van der Waals surface area contributed by atoms with Gasteiger partial charge in [-0.25, -0.2) is 0 Å². The summed E-state index contributed by atoms with van der Waals surface area (Å²) in [5, 5.41) is 14.1. The standard InChI is InChI=1S/C23H29F3N2O/c1-17-6-3-4-7-18(17)15-28-12-10-21(11-13-28)27-16-22(2,29)19-8-5-9-20(14-19)23(24,25)26/h3-9,14,21,27,29H,10-13,15-16H2,1-2H3. The minimum Gasteiger partial charge on any atom is -0.384 e. The molecule has 0 radical (unpaired) electrons. The van der Waals surface area contributed by atoms with Crippen molar-refractivity contribution in [2.24, 2.45) is 0 Å². The number of rotatable bonds is 6. The molecule has 0 bridgehead atoms. The number of nitrogens with one attached hydrogen (secondary N) is 1. The average molecular weight is 406 g/mol. The van der Waals surface area contributed by atoms with Crippen molar-refractivity contribution in [2.75, 3.05) is 19.6 Å². The molecule has 0 amide bonds. The van der Waals surface area contributed by atoms with Crippen LogP contribution in [0.15, 0.2) is 48.5 Å². The third kappa shape index (κ3) is 5.81. The molecule has 1 aliphatic heterocycles. The molecule has 0 spiro atoms. The lowest BCUT2D eigenvalue weighted by molar-refractivity contribution is -0.137. The Morgan fingerprint density at radius 1 is 1.03 bits per heavy atom. The average Bonchev–Trinajstić information content (AvgIpc) is 2.69. The lowest BCUT2D eigenvalue weighted by atomic mass is 9.93. The van der Waals surface area contributed by atoms with Gasteiger partial charge in [-0.05, 0) is 68.6 Å². The van der Waals surface area contributed by atoms with Gasteiger partial charge in [-0.1, -0.05) is 36.4 Å². The predicted octanol–water partition coefficient (Wildman–Crippen LogP) is 4.48. The molecule has 2 aromatic rings. The highest BCUT2D eigenvalue weighted by molar-refractivity contribution is 5.30. The number of piperidine rings is 1. The molecule has 1 saturated heterocycles. The number of aliphatic hydroxyl groups is 1. The predicted molar refractivity (Wildman–Crippen MR) is 108 cm³/mol. The zero-order valence-corrected chi connectivity index (χ0v) is 17.0. The molecule has 1 aliphatic rings. The maximum Gasteiger partial charge on any atom is 0.416 e. The first kappa shape index (κ1) is 21.8. The molecule has 2 aromatic carbocycles. The molecule has 1 atom stereocenters. The fourth-order valence-corrected chi connectivity index (χ4v) is 3.80. The van der Waals surface area contributed by atoms with E-state index in [0.717, 1.165) is 44.6 Å². The number of hydrogen-bond acceptors (Lipinski definition) is 3. The van der Waals surface area contributed by atoms with Gasteiger partial charge in [-0.15, -0.1) is 0 Å². The highest BCUT2D eigenvalue weighted by atomic mass is 19.4. The third-order valence-corrected chi connectivity index (χ3v) is 5.79. The van der Waals surface area contributed by atoms with Gasteiger partial charge in [0, 0.05) is 19.1 Å². The first-order valence-electron chi connectivity index (χ1n) is 10.1. The van der Waals surface area contributed by atoms with Crippen molar-refractivity contribution in [3.05, 3.63) is 70.8 Å². The highest BCUT2D eigenvalue weighted by Gasteiger charge is 2.33. The SMILES string of the molecule is Cc1ccccc1CN1CCC(NCC(C)(O)c2cccc(C(F)(F)F)c2)CC1. The Morgan fingerprint density at radius 3 is 2.34 bits per heavy atom. The summed E-state index contributed by atoms with van der Waals surface area (Å²) < 4.78 is 38.8. The van der Waals surface area contributed by atoms with Crippen LogP contribution in [-0.4, -0.2) is 35.7 Å². The highest BCUT2D eigenvalue weighted by Crippen LogP contribution is 2.32. The number of alkyl halides is 3. The summed E-state index contributed by atoms with van der Waals surface area (Å²) in [6, 6.07) is 13.6. The summed E-state index contributed by atoms with van der Waals surface area (Å²) >= 11 is 0. The maximum atomic E-state index is 12.9. The second-order valence-corrected chi connectivity index (χ2v) is 8.21. The molecule has 1 fully saturated rings.